The number of methoxy groups -OCH3 is 1. The number of nitrogens with one attached hydrogen (secondary N) is 1. The molecular formula is C15H16N2O4. The van der Waals surface area contributed by atoms with Gasteiger partial charge in [-0.15, -0.1) is 0 Å². The van der Waals surface area contributed by atoms with E-state index in [2.05, 4.69) is 5.32 Å². The summed E-state index contributed by atoms with van der Waals surface area (Å²) in [7, 11) is 1.53. The first-order valence-electron chi connectivity index (χ1n) is 6.35. The Hall–Kier alpha value is -2.60. The standard InChI is InChI=1S/C15H16N2O4/c1-20-15-7-12(21-9-16)3-4-13(15)17-8-10-6-11(18)2-5-14(10)19/h2-7,17H,8-9,16H2,1H3. The van der Waals surface area contributed by atoms with E-state index in [1.54, 1.807) is 18.2 Å². The molecule has 1 aromatic rings. The number of anilines is 1. The number of nitrogens with two attached hydrogens (primary N) is 1. The molecule has 0 spiro atoms. The van der Waals surface area contributed by atoms with Crippen molar-refractivity contribution in [3.05, 3.63) is 42.0 Å². The topological polar surface area (TPSA) is 90.7 Å². The Morgan fingerprint density at radius 1 is 1.24 bits per heavy atom. The first-order chi connectivity index (χ1) is 10.1. The molecular weight excluding hydrogens is 272 g/mol. The lowest BCUT2D eigenvalue weighted by Gasteiger charge is -2.14. The number of hydrogen-bond acceptors (Lipinski definition) is 6. The van der Waals surface area contributed by atoms with Crippen LogP contribution < -0.4 is 20.5 Å². The number of hydrogen-bond donors (Lipinski definition) is 2. The van der Waals surface area contributed by atoms with Crippen LogP contribution in [0.2, 0.25) is 0 Å². The van der Waals surface area contributed by atoms with Crippen LogP contribution >= 0.6 is 0 Å². The van der Waals surface area contributed by atoms with Crippen LogP contribution in [-0.2, 0) is 9.59 Å². The maximum atomic E-state index is 11.6. The van der Waals surface area contributed by atoms with Gasteiger partial charge in [-0.25, -0.2) is 0 Å². The van der Waals surface area contributed by atoms with E-state index in [0.29, 0.717) is 22.8 Å². The minimum atomic E-state index is -0.190. The maximum Gasteiger partial charge on any atom is 0.183 e. The normalized spacial score (nSPS) is 13.9. The molecule has 6 nitrogen and oxygen atoms in total. The molecule has 110 valence electrons. The third-order valence-electron chi connectivity index (χ3n) is 2.92. The molecule has 0 saturated heterocycles. The summed E-state index contributed by atoms with van der Waals surface area (Å²) in [5.41, 5.74) is 6.41. The number of ether oxygens (including phenoxy) is 2. The lowest BCUT2D eigenvalue weighted by atomic mass is 10.0. The largest absolute Gasteiger partial charge is 0.494 e. The Morgan fingerprint density at radius 3 is 2.76 bits per heavy atom. The molecule has 0 bridgehead atoms. The van der Waals surface area contributed by atoms with Crippen molar-refractivity contribution in [3.8, 4) is 11.5 Å². The van der Waals surface area contributed by atoms with E-state index in [-0.39, 0.29) is 24.8 Å². The zero-order valence-corrected chi connectivity index (χ0v) is 11.6. The Kier molecular flexibility index (Phi) is 4.73. The average Bonchev–Trinajstić information content (AvgIpc) is 2.49. The van der Waals surface area contributed by atoms with Crippen LogP contribution in [0.3, 0.4) is 0 Å². The molecule has 1 aliphatic carbocycles. The molecule has 0 fully saturated rings. The van der Waals surface area contributed by atoms with Gasteiger partial charge in [-0.05, 0) is 30.4 Å². The molecule has 0 heterocycles. The Bertz CT molecular complexity index is 620. The maximum absolute atomic E-state index is 11.6. The van der Waals surface area contributed by atoms with Gasteiger partial charge in [0.2, 0.25) is 0 Å². The van der Waals surface area contributed by atoms with Crippen LogP contribution in [0.4, 0.5) is 5.69 Å². The molecule has 3 N–H and O–H groups in total. The lowest BCUT2D eigenvalue weighted by Crippen LogP contribution is -2.16. The monoisotopic (exact) mass is 288 g/mol. The van der Waals surface area contributed by atoms with Crippen molar-refractivity contribution in [2.24, 2.45) is 5.73 Å². The van der Waals surface area contributed by atoms with Gasteiger partial charge in [-0.1, -0.05) is 0 Å². The summed E-state index contributed by atoms with van der Waals surface area (Å²) in [6.07, 6.45) is 3.86. The molecule has 2 rings (SSSR count). The molecule has 0 radical (unpaired) electrons. The second kappa shape index (κ2) is 6.71. The fourth-order valence-electron chi connectivity index (χ4n) is 1.89. The fraction of sp³-hybridized carbons (Fsp3) is 0.200. The van der Waals surface area contributed by atoms with Gasteiger partial charge in [0.15, 0.2) is 11.6 Å². The van der Waals surface area contributed by atoms with Crippen molar-refractivity contribution in [3.63, 3.8) is 0 Å². The van der Waals surface area contributed by atoms with E-state index in [9.17, 15) is 9.59 Å². The van der Waals surface area contributed by atoms with Crippen LogP contribution in [0.5, 0.6) is 11.5 Å². The van der Waals surface area contributed by atoms with Gasteiger partial charge >= 0.3 is 0 Å². The minimum absolute atomic E-state index is 0.0752. The van der Waals surface area contributed by atoms with Crippen molar-refractivity contribution < 1.29 is 19.1 Å². The highest BCUT2D eigenvalue weighted by Crippen LogP contribution is 2.29. The fourth-order valence-corrected chi connectivity index (χ4v) is 1.89. The number of carbonyl (C=O) groups excluding carboxylic acids is 2. The van der Waals surface area contributed by atoms with Gasteiger partial charge in [0.1, 0.15) is 18.2 Å². The van der Waals surface area contributed by atoms with Crippen molar-refractivity contribution in [1.29, 1.82) is 0 Å². The smallest absolute Gasteiger partial charge is 0.183 e. The van der Waals surface area contributed by atoms with Crippen molar-refractivity contribution >= 4 is 17.3 Å². The van der Waals surface area contributed by atoms with Gasteiger partial charge in [-0.2, -0.15) is 0 Å². The summed E-state index contributed by atoms with van der Waals surface area (Å²) in [5.74, 6) is 0.784. The third kappa shape index (κ3) is 3.70. The second-order valence-electron chi connectivity index (χ2n) is 4.30. The molecule has 21 heavy (non-hydrogen) atoms. The molecule has 0 saturated carbocycles. The Balaban J connectivity index is 2.09. The summed E-state index contributed by atoms with van der Waals surface area (Å²) < 4.78 is 10.4. The Labute approximate surface area is 122 Å². The molecule has 6 heteroatoms. The number of benzene rings is 1. The van der Waals surface area contributed by atoms with Gasteiger partial charge in [0.05, 0.1) is 12.8 Å². The van der Waals surface area contributed by atoms with Crippen molar-refractivity contribution in [1.82, 2.24) is 0 Å². The van der Waals surface area contributed by atoms with E-state index in [1.165, 1.54) is 25.3 Å². The predicted molar refractivity (Wildman–Crippen MR) is 78.4 cm³/mol. The first kappa shape index (κ1) is 14.8. The molecule has 0 unspecified atom stereocenters. The highest BCUT2D eigenvalue weighted by Gasteiger charge is 2.13. The van der Waals surface area contributed by atoms with Crippen LogP contribution in [0.1, 0.15) is 0 Å². The summed E-state index contributed by atoms with van der Waals surface area (Å²) in [5, 5.41) is 3.07. The van der Waals surface area contributed by atoms with E-state index < -0.39 is 0 Å². The van der Waals surface area contributed by atoms with Crippen LogP contribution in [0.15, 0.2) is 42.0 Å². The molecule has 0 atom stereocenters. The van der Waals surface area contributed by atoms with Crippen molar-refractivity contribution in [2.45, 2.75) is 0 Å². The number of ketones is 2. The minimum Gasteiger partial charge on any atom is -0.494 e. The SMILES string of the molecule is COc1cc(OCN)ccc1NCC1=CC(=O)C=CC1=O. The number of carbonyl (C=O) groups is 2. The number of allylic oxidation sites excluding steroid dienone is 3. The van der Waals surface area contributed by atoms with E-state index in [1.807, 2.05) is 0 Å². The van der Waals surface area contributed by atoms with Crippen molar-refractivity contribution in [2.75, 3.05) is 25.7 Å². The summed E-state index contributed by atoms with van der Waals surface area (Å²) in [4.78, 5) is 22.9. The average molecular weight is 288 g/mol. The first-order valence-corrected chi connectivity index (χ1v) is 6.35. The molecule has 1 aliphatic rings. The van der Waals surface area contributed by atoms with E-state index in [0.717, 1.165) is 0 Å². The molecule has 0 amide bonds. The van der Waals surface area contributed by atoms with Crippen LogP contribution in [-0.4, -0.2) is 32.0 Å². The molecule has 1 aromatic carbocycles. The van der Waals surface area contributed by atoms with E-state index >= 15 is 0 Å². The zero-order valence-electron chi connectivity index (χ0n) is 11.6. The summed E-state index contributed by atoms with van der Waals surface area (Å²) >= 11 is 0. The lowest BCUT2D eigenvalue weighted by molar-refractivity contribution is -0.114. The highest BCUT2D eigenvalue weighted by atomic mass is 16.5. The van der Waals surface area contributed by atoms with Gasteiger partial charge in [0, 0.05) is 18.2 Å². The van der Waals surface area contributed by atoms with Gasteiger partial charge in [0.25, 0.3) is 0 Å². The summed E-state index contributed by atoms with van der Waals surface area (Å²) in [6, 6.07) is 5.19. The predicted octanol–water partition coefficient (Wildman–Crippen LogP) is 1.04. The van der Waals surface area contributed by atoms with Crippen LogP contribution in [0, 0.1) is 0 Å². The third-order valence-corrected chi connectivity index (χ3v) is 2.92. The molecule has 0 aliphatic heterocycles. The van der Waals surface area contributed by atoms with E-state index in [4.69, 9.17) is 15.2 Å². The highest BCUT2D eigenvalue weighted by molar-refractivity contribution is 6.17. The van der Waals surface area contributed by atoms with Crippen LogP contribution in [0.25, 0.3) is 0 Å². The molecule has 0 aromatic heterocycles. The second-order valence-corrected chi connectivity index (χ2v) is 4.30. The van der Waals surface area contributed by atoms with Gasteiger partial charge < -0.3 is 14.8 Å². The zero-order chi connectivity index (χ0) is 15.2. The Morgan fingerprint density at radius 2 is 2.05 bits per heavy atom. The van der Waals surface area contributed by atoms with Gasteiger partial charge in [-0.3, -0.25) is 15.3 Å². The summed E-state index contributed by atoms with van der Waals surface area (Å²) in [6.45, 7) is 0.314. The number of rotatable bonds is 6. The quantitative estimate of drug-likeness (QED) is 0.600.